The molecule has 7 nitrogen and oxygen atoms in total. The molecule has 0 radical (unpaired) electrons. The van der Waals surface area contributed by atoms with Gasteiger partial charge in [-0.05, 0) is 24.1 Å². The number of hydrazine groups is 1. The molecule has 7 heteroatoms. The van der Waals surface area contributed by atoms with Gasteiger partial charge < -0.3 is 9.64 Å². The Morgan fingerprint density at radius 1 is 0.963 bits per heavy atom. The molecule has 3 aliphatic heterocycles. The van der Waals surface area contributed by atoms with Crippen molar-refractivity contribution in [3.05, 3.63) is 29.3 Å². The van der Waals surface area contributed by atoms with Crippen molar-refractivity contribution in [2.75, 3.05) is 63.9 Å². The largest absolute Gasteiger partial charge is 0.378 e. The minimum atomic E-state index is -0.336. The monoisotopic (exact) mass is 372 g/mol. The first kappa shape index (κ1) is 18.4. The lowest BCUT2D eigenvalue weighted by atomic mass is 10.0. The van der Waals surface area contributed by atoms with Crippen molar-refractivity contribution in [2.45, 2.75) is 19.9 Å². The zero-order chi connectivity index (χ0) is 18.8. The average Bonchev–Trinajstić information content (AvgIpc) is 3.04. The molecule has 27 heavy (non-hydrogen) atoms. The molecule has 0 N–H and O–H groups in total. The summed E-state index contributed by atoms with van der Waals surface area (Å²) in [7, 11) is 0. The number of hydrogen-bond acceptors (Lipinski definition) is 6. The van der Waals surface area contributed by atoms with E-state index in [1.807, 2.05) is 5.01 Å². The Balaban J connectivity index is 1.36. The highest BCUT2D eigenvalue weighted by molar-refractivity contribution is 6.37. The highest BCUT2D eigenvalue weighted by atomic mass is 16.5. The van der Waals surface area contributed by atoms with Gasteiger partial charge in [-0.25, -0.2) is 5.01 Å². The number of Topliss-reactive ketones (excluding diaryl/α,β-unsaturated/α-hetero) is 1. The van der Waals surface area contributed by atoms with Crippen LogP contribution in [0.25, 0.3) is 0 Å². The van der Waals surface area contributed by atoms with Gasteiger partial charge in [0.15, 0.2) is 0 Å². The highest BCUT2D eigenvalue weighted by Crippen LogP contribution is 2.25. The van der Waals surface area contributed by atoms with Gasteiger partial charge in [0.05, 0.1) is 13.2 Å². The summed E-state index contributed by atoms with van der Waals surface area (Å²) < 4.78 is 5.48. The molecule has 0 saturated carbocycles. The molecule has 3 aliphatic rings. The summed E-state index contributed by atoms with van der Waals surface area (Å²) in [6.07, 6.45) is 0.354. The van der Waals surface area contributed by atoms with E-state index in [-0.39, 0.29) is 11.7 Å². The van der Waals surface area contributed by atoms with Crippen LogP contribution in [0.4, 0.5) is 5.69 Å². The van der Waals surface area contributed by atoms with E-state index in [0.29, 0.717) is 13.0 Å². The first-order chi connectivity index (χ1) is 13.1. The standard InChI is InChI=1S/C20H28N4O3/c1-16-17(3-2-4-18(16)22-11-13-27-14-12-22)15-21-7-9-23(10-8-21)24-6-5-19(25)20(24)26/h2-4H,5-15H2,1H3. The fraction of sp³-hybridized carbons (Fsp3) is 0.600. The van der Waals surface area contributed by atoms with E-state index in [0.717, 1.165) is 59.0 Å². The molecule has 3 saturated heterocycles. The molecule has 1 aromatic carbocycles. The number of rotatable bonds is 4. The van der Waals surface area contributed by atoms with Crippen LogP contribution in [-0.2, 0) is 20.9 Å². The number of carbonyl (C=O) groups is 2. The maximum absolute atomic E-state index is 11.9. The number of carbonyl (C=O) groups excluding carboxylic acids is 2. The predicted octanol–water partition coefficient (Wildman–Crippen LogP) is 0.666. The molecule has 0 spiro atoms. The molecular weight excluding hydrogens is 344 g/mol. The van der Waals surface area contributed by atoms with E-state index in [1.54, 1.807) is 5.01 Å². The van der Waals surface area contributed by atoms with Gasteiger partial charge in [-0.2, -0.15) is 0 Å². The number of ether oxygens (including phenoxy) is 1. The Labute approximate surface area is 160 Å². The summed E-state index contributed by atoms with van der Waals surface area (Å²) in [5.41, 5.74) is 4.03. The van der Waals surface area contributed by atoms with E-state index in [4.69, 9.17) is 4.74 Å². The molecule has 1 aromatic rings. The van der Waals surface area contributed by atoms with Gasteiger partial charge in [-0.3, -0.25) is 19.5 Å². The van der Waals surface area contributed by atoms with Crippen LogP contribution in [0.1, 0.15) is 17.5 Å². The van der Waals surface area contributed by atoms with Gasteiger partial charge in [-0.15, -0.1) is 0 Å². The van der Waals surface area contributed by atoms with Crippen LogP contribution in [0, 0.1) is 6.92 Å². The molecule has 0 aliphatic carbocycles. The van der Waals surface area contributed by atoms with E-state index in [9.17, 15) is 9.59 Å². The normalized spacial score (nSPS) is 22.7. The van der Waals surface area contributed by atoms with E-state index in [2.05, 4.69) is 34.9 Å². The molecular formula is C20H28N4O3. The maximum atomic E-state index is 11.9. The highest BCUT2D eigenvalue weighted by Gasteiger charge is 2.34. The lowest BCUT2D eigenvalue weighted by Gasteiger charge is -2.39. The third kappa shape index (κ3) is 3.85. The summed E-state index contributed by atoms with van der Waals surface area (Å²) >= 11 is 0. The van der Waals surface area contributed by atoms with Gasteiger partial charge in [0, 0.05) is 64.5 Å². The van der Waals surface area contributed by atoms with E-state index in [1.165, 1.54) is 16.8 Å². The number of hydrogen-bond donors (Lipinski definition) is 0. The van der Waals surface area contributed by atoms with Crippen molar-refractivity contribution in [3.8, 4) is 0 Å². The third-order valence-corrected chi connectivity index (χ3v) is 5.88. The summed E-state index contributed by atoms with van der Waals surface area (Å²) in [5.74, 6) is -0.592. The molecule has 3 heterocycles. The molecule has 146 valence electrons. The lowest BCUT2D eigenvalue weighted by Crippen LogP contribution is -2.54. The number of anilines is 1. The van der Waals surface area contributed by atoms with Gasteiger partial charge in [0.25, 0.3) is 0 Å². The Kier molecular flexibility index (Phi) is 5.43. The molecule has 3 fully saturated rings. The number of morpholine rings is 1. The second kappa shape index (κ2) is 7.96. The van der Waals surface area contributed by atoms with Crippen molar-refractivity contribution in [3.63, 3.8) is 0 Å². The Morgan fingerprint density at radius 2 is 1.70 bits per heavy atom. The van der Waals surface area contributed by atoms with E-state index >= 15 is 0 Å². The Bertz CT molecular complexity index is 709. The fourth-order valence-corrected chi connectivity index (χ4v) is 4.20. The lowest BCUT2D eigenvalue weighted by molar-refractivity contribution is -0.152. The molecule has 0 aromatic heterocycles. The minimum absolute atomic E-state index is 0.256. The van der Waals surface area contributed by atoms with Gasteiger partial charge in [0.2, 0.25) is 5.78 Å². The smallest absolute Gasteiger partial charge is 0.304 e. The second-order valence-corrected chi connectivity index (χ2v) is 7.49. The van der Waals surface area contributed by atoms with Crippen molar-refractivity contribution < 1.29 is 14.3 Å². The number of piperazine rings is 1. The number of amides is 1. The van der Waals surface area contributed by atoms with Crippen molar-refractivity contribution in [1.29, 1.82) is 0 Å². The first-order valence-corrected chi connectivity index (χ1v) is 9.86. The minimum Gasteiger partial charge on any atom is -0.378 e. The number of nitrogens with zero attached hydrogens (tertiary/aromatic N) is 4. The summed E-state index contributed by atoms with van der Waals surface area (Å²) in [6, 6.07) is 6.57. The van der Waals surface area contributed by atoms with Crippen LogP contribution in [0.2, 0.25) is 0 Å². The van der Waals surface area contributed by atoms with Crippen LogP contribution in [-0.4, -0.2) is 85.6 Å². The maximum Gasteiger partial charge on any atom is 0.304 e. The molecule has 4 rings (SSSR count). The van der Waals surface area contributed by atoms with Crippen LogP contribution in [0.3, 0.4) is 0 Å². The Hall–Kier alpha value is -1.96. The topological polar surface area (TPSA) is 56.3 Å². The quantitative estimate of drug-likeness (QED) is 0.724. The zero-order valence-electron chi connectivity index (χ0n) is 16.0. The fourth-order valence-electron chi connectivity index (χ4n) is 4.20. The summed E-state index contributed by atoms with van der Waals surface area (Å²) in [4.78, 5) is 28.3. The number of ketones is 1. The van der Waals surface area contributed by atoms with Gasteiger partial charge in [0.1, 0.15) is 0 Å². The average molecular weight is 372 g/mol. The molecule has 0 unspecified atom stereocenters. The van der Waals surface area contributed by atoms with Gasteiger partial charge >= 0.3 is 5.91 Å². The summed E-state index contributed by atoms with van der Waals surface area (Å²) in [5, 5.41) is 3.69. The van der Waals surface area contributed by atoms with Crippen molar-refractivity contribution in [2.24, 2.45) is 0 Å². The summed E-state index contributed by atoms with van der Waals surface area (Å²) in [6.45, 7) is 10.6. The first-order valence-electron chi connectivity index (χ1n) is 9.86. The van der Waals surface area contributed by atoms with Crippen molar-refractivity contribution >= 4 is 17.4 Å². The predicted molar refractivity (Wildman–Crippen MR) is 102 cm³/mol. The molecule has 0 bridgehead atoms. The van der Waals surface area contributed by atoms with Crippen LogP contribution in [0.5, 0.6) is 0 Å². The van der Waals surface area contributed by atoms with Gasteiger partial charge in [-0.1, -0.05) is 12.1 Å². The van der Waals surface area contributed by atoms with Crippen molar-refractivity contribution in [1.82, 2.24) is 14.9 Å². The van der Waals surface area contributed by atoms with Crippen LogP contribution in [0.15, 0.2) is 18.2 Å². The zero-order valence-corrected chi connectivity index (χ0v) is 16.0. The Morgan fingerprint density at radius 3 is 2.37 bits per heavy atom. The second-order valence-electron chi connectivity index (χ2n) is 7.49. The molecule has 1 amide bonds. The SMILES string of the molecule is Cc1c(CN2CCN(N3CCC(=O)C3=O)CC2)cccc1N1CCOCC1. The number of benzene rings is 1. The molecule has 0 atom stereocenters. The van der Waals surface area contributed by atoms with Crippen LogP contribution < -0.4 is 4.90 Å². The third-order valence-electron chi connectivity index (χ3n) is 5.88. The van der Waals surface area contributed by atoms with E-state index < -0.39 is 0 Å². The van der Waals surface area contributed by atoms with Crippen LogP contribution >= 0.6 is 0 Å².